The number of non-ortho nitro benzene ring substituents is 2. The van der Waals surface area contributed by atoms with Crippen molar-refractivity contribution in [2.45, 2.75) is 44.8 Å². The number of carbonyl (C=O) groups excluding carboxylic acids is 1. The quantitative estimate of drug-likeness (QED) is 0.446. The largest absolute Gasteiger partial charge is 0.444 e. The van der Waals surface area contributed by atoms with E-state index in [0.717, 1.165) is 5.56 Å². The SMILES string of the molecule is C[C@H](CC[C@@H]1CN([C@@H](C)c2cccc([N+](=O)[O-])c2)C(=O)O1)c1cccc([N+](=O)[O-])c1. The van der Waals surface area contributed by atoms with Crippen LogP contribution < -0.4 is 0 Å². The van der Waals surface area contributed by atoms with Crippen molar-refractivity contribution >= 4 is 17.5 Å². The van der Waals surface area contributed by atoms with Gasteiger partial charge in [0.1, 0.15) is 6.10 Å². The molecule has 2 aromatic rings. The van der Waals surface area contributed by atoms with Crippen LogP contribution in [0.25, 0.3) is 0 Å². The van der Waals surface area contributed by atoms with Gasteiger partial charge in [-0.2, -0.15) is 0 Å². The normalized spacial score (nSPS) is 18.0. The zero-order valence-electron chi connectivity index (χ0n) is 16.8. The van der Waals surface area contributed by atoms with Crippen molar-refractivity contribution in [2.24, 2.45) is 0 Å². The minimum absolute atomic E-state index is 0.0192. The van der Waals surface area contributed by atoms with Crippen molar-refractivity contribution in [1.29, 1.82) is 0 Å². The zero-order chi connectivity index (χ0) is 21.8. The first-order chi connectivity index (χ1) is 14.3. The van der Waals surface area contributed by atoms with E-state index >= 15 is 0 Å². The van der Waals surface area contributed by atoms with Gasteiger partial charge in [0.15, 0.2) is 0 Å². The van der Waals surface area contributed by atoms with Crippen molar-refractivity contribution in [1.82, 2.24) is 4.90 Å². The third-order valence-electron chi connectivity index (χ3n) is 5.50. The molecular weight excluding hydrogens is 390 g/mol. The highest BCUT2D eigenvalue weighted by molar-refractivity contribution is 5.70. The monoisotopic (exact) mass is 413 g/mol. The van der Waals surface area contributed by atoms with Crippen LogP contribution in [0, 0.1) is 20.2 Å². The number of nitro benzene ring substituents is 2. The lowest BCUT2D eigenvalue weighted by molar-refractivity contribution is -0.385. The van der Waals surface area contributed by atoms with Gasteiger partial charge in [-0.1, -0.05) is 31.2 Å². The van der Waals surface area contributed by atoms with Crippen molar-refractivity contribution < 1.29 is 19.4 Å². The van der Waals surface area contributed by atoms with E-state index in [2.05, 4.69) is 0 Å². The van der Waals surface area contributed by atoms with Gasteiger partial charge in [-0.25, -0.2) is 4.79 Å². The smallest absolute Gasteiger partial charge is 0.410 e. The van der Waals surface area contributed by atoms with Crippen LogP contribution in [0.3, 0.4) is 0 Å². The lowest BCUT2D eigenvalue weighted by Crippen LogP contribution is -2.28. The van der Waals surface area contributed by atoms with Crippen molar-refractivity contribution in [2.75, 3.05) is 6.54 Å². The summed E-state index contributed by atoms with van der Waals surface area (Å²) in [4.78, 5) is 35.0. The van der Waals surface area contributed by atoms with Crippen molar-refractivity contribution in [3.63, 3.8) is 0 Å². The topological polar surface area (TPSA) is 116 Å². The predicted octanol–water partition coefficient (Wildman–Crippen LogP) is 4.97. The van der Waals surface area contributed by atoms with Gasteiger partial charge in [0.25, 0.3) is 11.4 Å². The zero-order valence-corrected chi connectivity index (χ0v) is 16.8. The third kappa shape index (κ3) is 4.73. The van der Waals surface area contributed by atoms with Gasteiger partial charge >= 0.3 is 6.09 Å². The van der Waals surface area contributed by atoms with Gasteiger partial charge in [-0.15, -0.1) is 0 Å². The highest BCUT2D eigenvalue weighted by atomic mass is 16.6. The molecule has 2 aromatic carbocycles. The molecule has 0 aliphatic carbocycles. The van der Waals surface area contributed by atoms with Crippen LogP contribution in [0.5, 0.6) is 0 Å². The molecule has 0 radical (unpaired) electrons. The van der Waals surface area contributed by atoms with E-state index in [1.165, 1.54) is 18.2 Å². The van der Waals surface area contributed by atoms with Crippen molar-refractivity contribution in [3.05, 3.63) is 79.9 Å². The number of nitrogens with zero attached hydrogens (tertiary/aromatic N) is 3. The van der Waals surface area contributed by atoms with E-state index in [9.17, 15) is 25.0 Å². The van der Waals surface area contributed by atoms with Crippen LogP contribution in [0.1, 0.15) is 49.8 Å². The van der Waals surface area contributed by atoms with Crippen molar-refractivity contribution in [3.8, 4) is 0 Å². The highest BCUT2D eigenvalue weighted by Gasteiger charge is 2.35. The summed E-state index contributed by atoms with van der Waals surface area (Å²) in [6.07, 6.45) is 0.591. The molecule has 1 aliphatic heterocycles. The van der Waals surface area contributed by atoms with Gasteiger partial charge in [0.05, 0.1) is 22.4 Å². The standard InChI is InChI=1S/C21H23N3O6/c1-14(16-5-3-7-18(11-16)23(26)27)9-10-20-13-22(21(25)30-20)15(2)17-6-4-8-19(12-17)24(28)29/h3-8,11-12,14-15,20H,9-10,13H2,1-2H3/t14-,15+,20-/m1/s1. The van der Waals surface area contributed by atoms with E-state index in [-0.39, 0.29) is 29.4 Å². The fourth-order valence-corrected chi connectivity index (χ4v) is 3.63. The van der Waals surface area contributed by atoms with Crippen LogP contribution in [-0.2, 0) is 4.74 Å². The second-order valence-electron chi connectivity index (χ2n) is 7.52. The molecule has 3 rings (SSSR count). The third-order valence-corrected chi connectivity index (χ3v) is 5.50. The Morgan fingerprint density at radius 1 is 1.03 bits per heavy atom. The molecule has 9 heteroatoms. The first-order valence-corrected chi connectivity index (χ1v) is 9.72. The Kier molecular flexibility index (Phi) is 6.29. The Bertz CT molecular complexity index is 963. The Balaban J connectivity index is 1.60. The molecule has 30 heavy (non-hydrogen) atoms. The number of benzene rings is 2. The van der Waals surface area contributed by atoms with E-state index in [1.54, 1.807) is 29.2 Å². The number of ether oxygens (including phenoxy) is 1. The predicted molar refractivity (Wildman–Crippen MR) is 109 cm³/mol. The summed E-state index contributed by atoms with van der Waals surface area (Å²) in [6.45, 7) is 4.19. The summed E-state index contributed by atoms with van der Waals surface area (Å²) in [5.74, 6) is 0.0758. The number of nitro groups is 2. The Morgan fingerprint density at radius 3 is 2.20 bits per heavy atom. The molecule has 1 heterocycles. The van der Waals surface area contributed by atoms with E-state index in [4.69, 9.17) is 4.74 Å². The summed E-state index contributed by atoms with van der Waals surface area (Å²) in [6, 6.07) is 12.4. The Labute approximate surface area is 173 Å². The number of hydrogen-bond donors (Lipinski definition) is 0. The van der Waals surface area contributed by atoms with Gasteiger partial charge < -0.3 is 4.74 Å². The summed E-state index contributed by atoms with van der Waals surface area (Å²) in [5, 5.41) is 22.0. The summed E-state index contributed by atoms with van der Waals surface area (Å²) < 4.78 is 5.49. The summed E-state index contributed by atoms with van der Waals surface area (Å²) >= 11 is 0. The molecule has 0 spiro atoms. The molecule has 9 nitrogen and oxygen atoms in total. The molecule has 3 atom stereocenters. The van der Waals surface area contributed by atoms with Gasteiger partial charge in [0.2, 0.25) is 0 Å². The fourth-order valence-electron chi connectivity index (χ4n) is 3.63. The second kappa shape index (κ2) is 8.89. The molecule has 1 saturated heterocycles. The molecule has 0 saturated carbocycles. The number of amides is 1. The first kappa shape index (κ1) is 21.2. The molecule has 1 fully saturated rings. The van der Waals surface area contributed by atoms with E-state index < -0.39 is 15.9 Å². The van der Waals surface area contributed by atoms with E-state index in [1.807, 2.05) is 19.9 Å². The van der Waals surface area contributed by atoms with E-state index in [0.29, 0.717) is 24.9 Å². The number of hydrogen-bond acceptors (Lipinski definition) is 6. The van der Waals surface area contributed by atoms with Gasteiger partial charge in [0, 0.05) is 24.3 Å². The second-order valence-corrected chi connectivity index (χ2v) is 7.52. The molecule has 0 N–H and O–H groups in total. The number of rotatable bonds is 8. The van der Waals surface area contributed by atoms with Crippen LogP contribution in [-0.4, -0.2) is 33.5 Å². The van der Waals surface area contributed by atoms with Gasteiger partial charge in [-0.3, -0.25) is 25.1 Å². The molecule has 1 amide bonds. The number of carbonyl (C=O) groups is 1. The molecule has 0 unspecified atom stereocenters. The maximum atomic E-state index is 12.3. The first-order valence-electron chi connectivity index (χ1n) is 9.72. The van der Waals surface area contributed by atoms with Gasteiger partial charge in [-0.05, 0) is 36.8 Å². The lowest BCUT2D eigenvalue weighted by Gasteiger charge is -2.22. The fraction of sp³-hybridized carbons (Fsp3) is 0.381. The molecule has 0 bridgehead atoms. The number of cyclic esters (lactones) is 1. The maximum absolute atomic E-state index is 12.3. The summed E-state index contributed by atoms with van der Waals surface area (Å²) in [5.41, 5.74) is 1.58. The molecular formula is C21H23N3O6. The van der Waals surface area contributed by atoms with Crippen LogP contribution in [0.4, 0.5) is 16.2 Å². The molecule has 0 aromatic heterocycles. The Hall–Kier alpha value is -3.49. The minimum atomic E-state index is -0.462. The lowest BCUT2D eigenvalue weighted by atomic mass is 9.94. The minimum Gasteiger partial charge on any atom is -0.444 e. The van der Waals surface area contributed by atoms with Crippen LogP contribution >= 0.6 is 0 Å². The maximum Gasteiger partial charge on any atom is 0.410 e. The molecule has 1 aliphatic rings. The molecule has 158 valence electrons. The average molecular weight is 413 g/mol. The van der Waals surface area contributed by atoms with Crippen LogP contribution in [0.15, 0.2) is 48.5 Å². The highest BCUT2D eigenvalue weighted by Crippen LogP contribution is 2.31. The summed E-state index contributed by atoms with van der Waals surface area (Å²) in [7, 11) is 0. The average Bonchev–Trinajstić information content (AvgIpc) is 3.12. The Morgan fingerprint density at radius 2 is 1.60 bits per heavy atom. The van der Waals surface area contributed by atoms with Crippen LogP contribution in [0.2, 0.25) is 0 Å².